The summed E-state index contributed by atoms with van der Waals surface area (Å²) in [5.74, 6) is -1.71. The molecule has 1 aromatic heterocycles. The number of aryl methyl sites for hydroxylation is 1. The van der Waals surface area contributed by atoms with Crippen molar-refractivity contribution in [1.29, 1.82) is 5.26 Å². The lowest BCUT2D eigenvalue weighted by Crippen LogP contribution is -2.13. The molecule has 0 N–H and O–H groups in total. The average Bonchev–Trinajstić information content (AvgIpc) is 2.44. The molecule has 0 saturated carbocycles. The van der Waals surface area contributed by atoms with Crippen molar-refractivity contribution in [3.63, 3.8) is 0 Å². The fourth-order valence-electron chi connectivity index (χ4n) is 1.77. The highest BCUT2D eigenvalue weighted by Crippen LogP contribution is 2.20. The number of ketones is 1. The number of halogens is 1. The molecule has 0 aliphatic carbocycles. The fourth-order valence-corrected chi connectivity index (χ4v) is 1.77. The van der Waals surface area contributed by atoms with Gasteiger partial charge in [0, 0.05) is 11.8 Å². The van der Waals surface area contributed by atoms with Crippen molar-refractivity contribution in [1.82, 2.24) is 4.98 Å². The second-order valence-electron chi connectivity index (χ2n) is 4.14. The number of carbonyl (C=O) groups is 1. The van der Waals surface area contributed by atoms with E-state index < -0.39 is 5.92 Å². The lowest BCUT2D eigenvalue weighted by molar-refractivity contribution is 0.0977. The number of benzene rings is 1. The summed E-state index contributed by atoms with van der Waals surface area (Å²) >= 11 is 0. The van der Waals surface area contributed by atoms with Gasteiger partial charge in [-0.2, -0.15) is 5.26 Å². The number of hydrogen-bond acceptors (Lipinski definition) is 3. The van der Waals surface area contributed by atoms with Gasteiger partial charge in [-0.3, -0.25) is 9.78 Å². The van der Waals surface area contributed by atoms with Gasteiger partial charge in [0.05, 0.1) is 11.8 Å². The maximum atomic E-state index is 13.2. The molecule has 1 atom stereocenters. The molecule has 4 heteroatoms. The Labute approximate surface area is 110 Å². The van der Waals surface area contributed by atoms with E-state index in [0.717, 1.165) is 0 Å². The van der Waals surface area contributed by atoms with Crippen LogP contribution in [0.3, 0.4) is 0 Å². The fraction of sp³-hybridized carbons (Fsp3) is 0.133. The van der Waals surface area contributed by atoms with Crippen LogP contribution in [0.15, 0.2) is 42.6 Å². The Morgan fingerprint density at radius 2 is 2.16 bits per heavy atom. The molecule has 94 valence electrons. The monoisotopic (exact) mass is 254 g/mol. The predicted molar refractivity (Wildman–Crippen MR) is 68.1 cm³/mol. The standard InChI is InChI=1S/C15H11FN2O/c1-10-8-11(5-6-13(10)16)15(19)12(9-17)14-4-2-3-7-18-14/h2-8,12H,1H3. The number of Topliss-reactive ketones (excluding diaryl/α,β-unsaturated/α-hetero) is 1. The molecule has 1 aromatic carbocycles. The van der Waals surface area contributed by atoms with Crippen molar-refractivity contribution in [3.8, 4) is 6.07 Å². The van der Waals surface area contributed by atoms with Crippen LogP contribution in [0, 0.1) is 24.1 Å². The number of pyridine rings is 1. The maximum Gasteiger partial charge on any atom is 0.186 e. The molecule has 2 aromatic rings. The Kier molecular flexibility index (Phi) is 3.67. The van der Waals surface area contributed by atoms with E-state index in [0.29, 0.717) is 16.8 Å². The molecule has 0 bridgehead atoms. The molecule has 0 fully saturated rings. The van der Waals surface area contributed by atoms with Crippen molar-refractivity contribution in [2.75, 3.05) is 0 Å². The van der Waals surface area contributed by atoms with Gasteiger partial charge in [-0.05, 0) is 42.8 Å². The minimum absolute atomic E-state index is 0.316. The quantitative estimate of drug-likeness (QED) is 0.791. The molecule has 0 aliphatic heterocycles. The summed E-state index contributed by atoms with van der Waals surface area (Å²) in [6.07, 6.45) is 1.53. The molecule has 0 amide bonds. The first-order chi connectivity index (χ1) is 9.13. The molecular weight excluding hydrogens is 243 g/mol. The van der Waals surface area contributed by atoms with E-state index in [-0.39, 0.29) is 11.6 Å². The van der Waals surface area contributed by atoms with E-state index in [4.69, 9.17) is 5.26 Å². The third kappa shape index (κ3) is 2.66. The van der Waals surface area contributed by atoms with Crippen LogP contribution in [0.5, 0.6) is 0 Å². The van der Waals surface area contributed by atoms with E-state index in [9.17, 15) is 9.18 Å². The van der Waals surface area contributed by atoms with E-state index in [1.54, 1.807) is 25.1 Å². The van der Waals surface area contributed by atoms with E-state index in [1.165, 1.54) is 24.4 Å². The highest BCUT2D eigenvalue weighted by molar-refractivity contribution is 6.02. The number of rotatable bonds is 3. The zero-order chi connectivity index (χ0) is 13.8. The van der Waals surface area contributed by atoms with Crippen LogP contribution in [0.25, 0.3) is 0 Å². The Hall–Kier alpha value is -2.54. The molecular formula is C15H11FN2O. The van der Waals surface area contributed by atoms with E-state index >= 15 is 0 Å². The highest BCUT2D eigenvalue weighted by Gasteiger charge is 2.23. The average molecular weight is 254 g/mol. The Bertz CT molecular complexity index is 647. The normalized spacial score (nSPS) is 11.6. The first-order valence-corrected chi connectivity index (χ1v) is 5.74. The van der Waals surface area contributed by atoms with Crippen LogP contribution >= 0.6 is 0 Å². The summed E-state index contributed by atoms with van der Waals surface area (Å²) in [6.45, 7) is 1.58. The van der Waals surface area contributed by atoms with Crippen LogP contribution in [0.1, 0.15) is 27.5 Å². The van der Waals surface area contributed by atoms with Crippen molar-refractivity contribution in [3.05, 3.63) is 65.2 Å². The van der Waals surface area contributed by atoms with Crippen LogP contribution < -0.4 is 0 Å². The minimum atomic E-state index is -0.967. The lowest BCUT2D eigenvalue weighted by Gasteiger charge is -2.08. The Morgan fingerprint density at radius 3 is 2.74 bits per heavy atom. The van der Waals surface area contributed by atoms with Crippen LogP contribution in [-0.4, -0.2) is 10.8 Å². The van der Waals surface area contributed by atoms with Crippen LogP contribution in [-0.2, 0) is 0 Å². The van der Waals surface area contributed by atoms with Crippen molar-refractivity contribution >= 4 is 5.78 Å². The van der Waals surface area contributed by atoms with Crippen molar-refractivity contribution in [2.45, 2.75) is 12.8 Å². The maximum absolute atomic E-state index is 13.2. The minimum Gasteiger partial charge on any atom is -0.292 e. The molecule has 3 nitrogen and oxygen atoms in total. The predicted octanol–water partition coefficient (Wildman–Crippen LogP) is 3.02. The van der Waals surface area contributed by atoms with Gasteiger partial charge < -0.3 is 0 Å². The largest absolute Gasteiger partial charge is 0.292 e. The third-order valence-corrected chi connectivity index (χ3v) is 2.82. The van der Waals surface area contributed by atoms with Gasteiger partial charge in [0.1, 0.15) is 5.82 Å². The Balaban J connectivity index is 2.37. The SMILES string of the molecule is Cc1cc(C(=O)C(C#N)c2ccccn2)ccc1F. The van der Waals surface area contributed by atoms with Crippen molar-refractivity contribution in [2.24, 2.45) is 0 Å². The zero-order valence-corrected chi connectivity index (χ0v) is 10.3. The molecule has 0 saturated heterocycles. The summed E-state index contributed by atoms with van der Waals surface area (Å²) in [5.41, 5.74) is 1.09. The molecule has 2 rings (SSSR count). The topological polar surface area (TPSA) is 53.8 Å². The third-order valence-electron chi connectivity index (χ3n) is 2.82. The molecule has 1 heterocycles. The van der Waals surface area contributed by atoms with E-state index in [1.807, 2.05) is 6.07 Å². The van der Waals surface area contributed by atoms with E-state index in [2.05, 4.69) is 4.98 Å². The molecule has 19 heavy (non-hydrogen) atoms. The second-order valence-corrected chi connectivity index (χ2v) is 4.14. The summed E-state index contributed by atoms with van der Waals surface area (Å²) < 4.78 is 13.2. The van der Waals surface area contributed by atoms with Crippen LogP contribution in [0.4, 0.5) is 4.39 Å². The van der Waals surface area contributed by atoms with Gasteiger partial charge in [-0.25, -0.2) is 4.39 Å². The molecule has 0 spiro atoms. The van der Waals surface area contributed by atoms with Gasteiger partial charge in [-0.1, -0.05) is 6.07 Å². The number of hydrogen-bond donors (Lipinski definition) is 0. The zero-order valence-electron chi connectivity index (χ0n) is 10.3. The number of nitriles is 1. The van der Waals surface area contributed by atoms with Gasteiger partial charge in [0.15, 0.2) is 11.7 Å². The summed E-state index contributed by atoms with van der Waals surface area (Å²) in [5, 5.41) is 9.15. The van der Waals surface area contributed by atoms with Gasteiger partial charge in [0.25, 0.3) is 0 Å². The van der Waals surface area contributed by atoms with Gasteiger partial charge >= 0.3 is 0 Å². The number of nitrogens with zero attached hydrogens (tertiary/aromatic N) is 2. The first-order valence-electron chi connectivity index (χ1n) is 5.74. The highest BCUT2D eigenvalue weighted by atomic mass is 19.1. The second kappa shape index (κ2) is 5.40. The number of aromatic nitrogens is 1. The lowest BCUT2D eigenvalue weighted by atomic mass is 9.94. The Morgan fingerprint density at radius 1 is 1.37 bits per heavy atom. The first kappa shape index (κ1) is 12.9. The smallest absolute Gasteiger partial charge is 0.186 e. The molecule has 0 radical (unpaired) electrons. The molecule has 0 aliphatic rings. The number of carbonyl (C=O) groups excluding carboxylic acids is 1. The summed E-state index contributed by atoms with van der Waals surface area (Å²) in [7, 11) is 0. The summed E-state index contributed by atoms with van der Waals surface area (Å²) in [6, 6.07) is 11.1. The van der Waals surface area contributed by atoms with Gasteiger partial charge in [-0.15, -0.1) is 0 Å². The van der Waals surface area contributed by atoms with Crippen LogP contribution in [0.2, 0.25) is 0 Å². The van der Waals surface area contributed by atoms with Gasteiger partial charge in [0.2, 0.25) is 0 Å². The van der Waals surface area contributed by atoms with Crippen molar-refractivity contribution < 1.29 is 9.18 Å². The summed E-state index contributed by atoms with van der Waals surface area (Å²) in [4.78, 5) is 16.3. The molecule has 1 unspecified atom stereocenters.